The Bertz CT molecular complexity index is 456. The van der Waals surface area contributed by atoms with Crippen molar-refractivity contribution in [2.45, 2.75) is 0 Å². The fourth-order valence-electron chi connectivity index (χ4n) is 1.06. The molecule has 0 aliphatic rings. The lowest BCUT2D eigenvalue weighted by Crippen LogP contribution is -2.21. The van der Waals surface area contributed by atoms with Crippen LogP contribution < -0.4 is 11.5 Å². The highest BCUT2D eigenvalue weighted by Gasteiger charge is 1.98. The van der Waals surface area contributed by atoms with Gasteiger partial charge in [-0.25, -0.2) is 9.98 Å². The van der Waals surface area contributed by atoms with E-state index in [9.17, 15) is 0 Å². The van der Waals surface area contributed by atoms with Gasteiger partial charge in [0.15, 0.2) is 17.9 Å². The molecule has 1 aromatic carbocycles. The molecule has 2 aromatic rings. The molecule has 1 aromatic heterocycles. The van der Waals surface area contributed by atoms with Gasteiger partial charge in [-0.15, -0.1) is 0 Å². The molecule has 13 heavy (non-hydrogen) atoms. The predicted octanol–water partition coefficient (Wildman–Crippen LogP) is 0.733. The maximum atomic E-state index is 5.23. The largest absolute Gasteiger partial charge is 0.443 e. The van der Waals surface area contributed by atoms with Crippen molar-refractivity contribution in [1.29, 1.82) is 0 Å². The summed E-state index contributed by atoms with van der Waals surface area (Å²) < 4.78 is 5.06. The number of hydrogen-bond donors (Lipinski definition) is 2. The average Bonchev–Trinajstić information content (AvgIpc) is 2.49. The minimum atomic E-state index is 0.0304. The molecule has 0 spiro atoms. The first-order valence-corrected chi connectivity index (χ1v) is 3.68. The van der Waals surface area contributed by atoms with Crippen LogP contribution in [0, 0.1) is 0 Å². The number of benzene rings is 1. The second-order valence-electron chi connectivity index (χ2n) is 2.54. The number of rotatable bonds is 1. The molecule has 0 bridgehead atoms. The van der Waals surface area contributed by atoms with Crippen LogP contribution in [0.5, 0.6) is 0 Å². The van der Waals surface area contributed by atoms with Gasteiger partial charge in [0, 0.05) is 0 Å². The van der Waals surface area contributed by atoms with E-state index in [-0.39, 0.29) is 5.96 Å². The van der Waals surface area contributed by atoms with Crippen LogP contribution in [-0.4, -0.2) is 10.9 Å². The van der Waals surface area contributed by atoms with E-state index in [1.54, 1.807) is 18.2 Å². The molecular weight excluding hydrogens is 168 g/mol. The first-order valence-electron chi connectivity index (χ1n) is 3.68. The monoisotopic (exact) mass is 176 g/mol. The van der Waals surface area contributed by atoms with Crippen molar-refractivity contribution in [3.63, 3.8) is 0 Å². The lowest BCUT2D eigenvalue weighted by molar-refractivity contribution is 0.602. The van der Waals surface area contributed by atoms with Gasteiger partial charge < -0.3 is 15.9 Å². The van der Waals surface area contributed by atoms with Crippen molar-refractivity contribution < 1.29 is 4.42 Å². The zero-order valence-corrected chi connectivity index (χ0v) is 6.77. The smallest absolute Gasteiger partial charge is 0.191 e. The summed E-state index contributed by atoms with van der Waals surface area (Å²) in [6, 6.07) is 5.27. The van der Waals surface area contributed by atoms with Crippen molar-refractivity contribution in [2.24, 2.45) is 16.5 Å². The molecular formula is C8H8N4O. The normalized spacial score (nSPS) is 10.2. The van der Waals surface area contributed by atoms with Gasteiger partial charge in [0.05, 0.1) is 5.69 Å². The fourth-order valence-corrected chi connectivity index (χ4v) is 1.06. The predicted molar refractivity (Wildman–Crippen MR) is 49.5 cm³/mol. The van der Waals surface area contributed by atoms with Gasteiger partial charge in [0.2, 0.25) is 0 Å². The number of nitrogens with two attached hydrogens (primary N) is 2. The Morgan fingerprint density at radius 2 is 2.23 bits per heavy atom. The van der Waals surface area contributed by atoms with Crippen molar-refractivity contribution in [3.8, 4) is 0 Å². The Kier molecular flexibility index (Phi) is 1.63. The van der Waals surface area contributed by atoms with Crippen LogP contribution in [0.3, 0.4) is 0 Å². The van der Waals surface area contributed by atoms with Crippen molar-refractivity contribution in [2.75, 3.05) is 0 Å². The molecule has 0 atom stereocenters. The average molecular weight is 176 g/mol. The molecule has 66 valence electrons. The lowest BCUT2D eigenvalue weighted by atomic mass is 10.3. The van der Waals surface area contributed by atoms with Gasteiger partial charge in [-0.05, 0) is 18.2 Å². The molecule has 4 N–H and O–H groups in total. The van der Waals surface area contributed by atoms with Crippen molar-refractivity contribution in [3.05, 3.63) is 24.6 Å². The van der Waals surface area contributed by atoms with Crippen molar-refractivity contribution >= 4 is 22.7 Å². The molecule has 0 amide bonds. The maximum Gasteiger partial charge on any atom is 0.191 e. The van der Waals surface area contributed by atoms with Gasteiger partial charge >= 0.3 is 0 Å². The molecule has 0 fully saturated rings. The van der Waals surface area contributed by atoms with Gasteiger partial charge in [0.25, 0.3) is 0 Å². The van der Waals surface area contributed by atoms with Crippen LogP contribution in [-0.2, 0) is 0 Å². The van der Waals surface area contributed by atoms with E-state index in [0.717, 1.165) is 11.1 Å². The third-order valence-electron chi connectivity index (χ3n) is 1.57. The first kappa shape index (κ1) is 7.60. The minimum Gasteiger partial charge on any atom is -0.443 e. The Morgan fingerprint density at radius 3 is 3.00 bits per heavy atom. The van der Waals surface area contributed by atoms with E-state index in [0.29, 0.717) is 5.69 Å². The van der Waals surface area contributed by atoms with E-state index in [2.05, 4.69) is 9.98 Å². The number of oxazole rings is 1. The van der Waals surface area contributed by atoms with Crippen molar-refractivity contribution in [1.82, 2.24) is 4.98 Å². The summed E-state index contributed by atoms with van der Waals surface area (Å²) in [4.78, 5) is 7.85. The van der Waals surface area contributed by atoms with E-state index in [1.807, 2.05) is 0 Å². The van der Waals surface area contributed by atoms with Gasteiger partial charge in [0.1, 0.15) is 5.52 Å². The molecule has 0 saturated carbocycles. The van der Waals surface area contributed by atoms with Gasteiger partial charge in [-0.3, -0.25) is 0 Å². The summed E-state index contributed by atoms with van der Waals surface area (Å²) in [5.74, 6) is 0.0304. The molecule has 0 aliphatic carbocycles. The van der Waals surface area contributed by atoms with Crippen LogP contribution in [0.15, 0.2) is 34.0 Å². The quantitative estimate of drug-likeness (QED) is 0.495. The lowest BCUT2D eigenvalue weighted by Gasteiger charge is -1.93. The molecule has 0 radical (unpaired) electrons. The molecule has 5 heteroatoms. The van der Waals surface area contributed by atoms with Crippen LogP contribution in [0.2, 0.25) is 0 Å². The zero-order chi connectivity index (χ0) is 9.26. The number of aliphatic imine (C=N–C) groups is 1. The van der Waals surface area contributed by atoms with Gasteiger partial charge in [-0.1, -0.05) is 0 Å². The van der Waals surface area contributed by atoms with Crippen LogP contribution >= 0.6 is 0 Å². The molecule has 0 saturated heterocycles. The summed E-state index contributed by atoms with van der Waals surface area (Å²) in [6.45, 7) is 0. The summed E-state index contributed by atoms with van der Waals surface area (Å²) >= 11 is 0. The zero-order valence-electron chi connectivity index (χ0n) is 6.77. The second kappa shape index (κ2) is 2.78. The Labute approximate surface area is 74.1 Å². The number of aromatic nitrogens is 1. The topological polar surface area (TPSA) is 90.4 Å². The van der Waals surface area contributed by atoms with E-state index in [1.165, 1.54) is 6.39 Å². The van der Waals surface area contributed by atoms with Crippen LogP contribution in [0.1, 0.15) is 0 Å². The van der Waals surface area contributed by atoms with E-state index < -0.39 is 0 Å². The second-order valence-corrected chi connectivity index (χ2v) is 2.54. The highest BCUT2D eigenvalue weighted by atomic mass is 16.3. The number of fused-ring (bicyclic) bond motifs is 1. The molecule has 1 heterocycles. The number of guanidine groups is 1. The standard InChI is InChI=1S/C8H8N4O/c9-8(10)12-5-1-2-7-6(3-5)11-4-13-7/h1-4H,(H4,9,10,12). The molecule has 5 nitrogen and oxygen atoms in total. The molecule has 0 aliphatic heterocycles. The third kappa shape index (κ3) is 1.44. The fraction of sp³-hybridized carbons (Fsp3) is 0. The Hall–Kier alpha value is -2.04. The molecule has 0 unspecified atom stereocenters. The van der Waals surface area contributed by atoms with Gasteiger partial charge in [-0.2, -0.15) is 0 Å². The highest BCUT2D eigenvalue weighted by molar-refractivity contribution is 5.82. The number of hydrogen-bond acceptors (Lipinski definition) is 3. The highest BCUT2D eigenvalue weighted by Crippen LogP contribution is 2.19. The SMILES string of the molecule is NC(N)=Nc1ccc2ocnc2c1. The summed E-state index contributed by atoms with van der Waals surface area (Å²) in [5, 5.41) is 0. The third-order valence-corrected chi connectivity index (χ3v) is 1.57. The Balaban J connectivity index is 2.54. The van der Waals surface area contributed by atoms with E-state index in [4.69, 9.17) is 15.9 Å². The number of nitrogens with zero attached hydrogens (tertiary/aromatic N) is 2. The van der Waals surface area contributed by atoms with E-state index >= 15 is 0 Å². The first-order chi connectivity index (χ1) is 6.25. The minimum absolute atomic E-state index is 0.0304. The van der Waals surface area contributed by atoms with Crippen LogP contribution in [0.4, 0.5) is 5.69 Å². The molecule has 2 rings (SSSR count). The summed E-state index contributed by atoms with van der Waals surface area (Å²) in [7, 11) is 0. The summed E-state index contributed by atoms with van der Waals surface area (Å²) in [6.07, 6.45) is 1.38. The summed E-state index contributed by atoms with van der Waals surface area (Å²) in [5.41, 5.74) is 12.6. The Morgan fingerprint density at radius 1 is 1.38 bits per heavy atom. The van der Waals surface area contributed by atoms with Crippen LogP contribution in [0.25, 0.3) is 11.1 Å². The maximum absolute atomic E-state index is 5.23.